The van der Waals surface area contributed by atoms with Crippen LogP contribution in [0.3, 0.4) is 0 Å². The summed E-state index contributed by atoms with van der Waals surface area (Å²) >= 11 is 1.38. The third-order valence-corrected chi connectivity index (χ3v) is 3.90. The van der Waals surface area contributed by atoms with Crippen molar-refractivity contribution in [3.8, 4) is 0 Å². The Morgan fingerprint density at radius 2 is 2.27 bits per heavy atom. The van der Waals surface area contributed by atoms with Crippen molar-refractivity contribution < 1.29 is 13.9 Å². The van der Waals surface area contributed by atoms with Gasteiger partial charge in [0.15, 0.2) is 5.16 Å². The molecule has 3 aromatic heterocycles. The van der Waals surface area contributed by atoms with Crippen LogP contribution >= 0.6 is 11.8 Å². The number of fused-ring (bicyclic) bond motifs is 1. The van der Waals surface area contributed by atoms with E-state index in [1.807, 2.05) is 0 Å². The van der Waals surface area contributed by atoms with Crippen LogP contribution in [-0.2, 0) is 10.5 Å². The second-order valence-electron chi connectivity index (χ2n) is 4.46. The number of H-pyrrole nitrogens is 1. The molecule has 1 N–H and O–H groups in total. The maximum atomic E-state index is 11.4. The van der Waals surface area contributed by atoms with E-state index in [1.165, 1.54) is 24.9 Å². The van der Waals surface area contributed by atoms with Crippen molar-refractivity contribution in [2.24, 2.45) is 0 Å². The van der Waals surface area contributed by atoms with Gasteiger partial charge in [0, 0.05) is 11.8 Å². The first-order chi connectivity index (χ1) is 10.6. The van der Waals surface area contributed by atoms with Crippen molar-refractivity contribution in [3.63, 3.8) is 0 Å². The number of aromatic amines is 1. The molecule has 22 heavy (non-hydrogen) atoms. The molecule has 0 fully saturated rings. The summed E-state index contributed by atoms with van der Waals surface area (Å²) in [5.41, 5.74) is 0.517. The van der Waals surface area contributed by atoms with Gasteiger partial charge in [-0.1, -0.05) is 11.8 Å². The van der Waals surface area contributed by atoms with Crippen LogP contribution in [0.4, 0.5) is 0 Å². The lowest BCUT2D eigenvalue weighted by Gasteiger charge is -2.01. The predicted molar refractivity (Wildman–Crippen MR) is 78.0 cm³/mol. The Morgan fingerprint density at radius 1 is 1.45 bits per heavy atom. The van der Waals surface area contributed by atoms with Gasteiger partial charge in [0.25, 0.3) is 5.56 Å². The molecular weight excluding hydrogens is 308 g/mol. The molecule has 9 heteroatoms. The number of aromatic nitrogens is 4. The summed E-state index contributed by atoms with van der Waals surface area (Å²) in [5.74, 6) is 1.12. The van der Waals surface area contributed by atoms with E-state index in [1.54, 1.807) is 23.5 Å². The maximum Gasteiger partial charge on any atom is 0.373 e. The number of thioether (sulfide) groups is 1. The lowest BCUT2D eigenvalue weighted by molar-refractivity contribution is 0.0563. The minimum Gasteiger partial charge on any atom is -0.463 e. The first-order valence-corrected chi connectivity index (χ1v) is 7.32. The van der Waals surface area contributed by atoms with Crippen LogP contribution in [0.5, 0.6) is 0 Å². The fraction of sp³-hybridized carbons (Fsp3) is 0.231. The van der Waals surface area contributed by atoms with Crippen LogP contribution in [0.2, 0.25) is 0 Å². The van der Waals surface area contributed by atoms with Crippen LogP contribution in [0, 0.1) is 6.92 Å². The summed E-state index contributed by atoms with van der Waals surface area (Å²) in [6.45, 7) is 1.80. The topological polar surface area (TPSA) is 102 Å². The standard InChI is InChI=1S/C13H12N4O4S/c1-7-5-10(18)14-12-15-16-13(17(7)12)22-6-8-3-4-9(21-8)11(19)20-2/h3-5H,6H2,1-2H3,(H,14,15,18). The Morgan fingerprint density at radius 3 is 3.05 bits per heavy atom. The number of aryl methyl sites for hydroxylation is 1. The van der Waals surface area contributed by atoms with Crippen molar-refractivity contribution >= 4 is 23.5 Å². The zero-order chi connectivity index (χ0) is 15.7. The third kappa shape index (κ3) is 2.62. The largest absolute Gasteiger partial charge is 0.463 e. The zero-order valence-electron chi connectivity index (χ0n) is 11.8. The molecule has 0 aliphatic carbocycles. The van der Waals surface area contributed by atoms with E-state index in [4.69, 9.17) is 4.42 Å². The highest BCUT2D eigenvalue weighted by atomic mass is 32.2. The fourth-order valence-electron chi connectivity index (χ4n) is 1.96. The number of esters is 1. The van der Waals surface area contributed by atoms with Gasteiger partial charge < -0.3 is 9.15 Å². The lowest BCUT2D eigenvalue weighted by atomic mass is 10.4. The molecule has 8 nitrogen and oxygen atoms in total. The molecule has 114 valence electrons. The SMILES string of the molecule is COC(=O)c1ccc(CSc2nnc3[nH]c(=O)cc(C)n23)o1. The van der Waals surface area contributed by atoms with E-state index in [9.17, 15) is 9.59 Å². The summed E-state index contributed by atoms with van der Waals surface area (Å²) in [6, 6.07) is 4.74. The molecule has 0 unspecified atom stereocenters. The van der Waals surface area contributed by atoms with Crippen molar-refractivity contribution in [2.75, 3.05) is 7.11 Å². The average molecular weight is 320 g/mol. The molecule has 0 aromatic carbocycles. The van der Waals surface area contributed by atoms with Crippen LogP contribution in [-0.4, -0.2) is 32.7 Å². The van der Waals surface area contributed by atoms with Gasteiger partial charge >= 0.3 is 5.97 Å². The van der Waals surface area contributed by atoms with Crippen molar-refractivity contribution in [2.45, 2.75) is 17.8 Å². The number of nitrogens with one attached hydrogen (secondary N) is 1. The lowest BCUT2D eigenvalue weighted by Crippen LogP contribution is -2.09. The second-order valence-corrected chi connectivity index (χ2v) is 5.41. The fourth-order valence-corrected chi connectivity index (χ4v) is 2.85. The molecule has 0 aliphatic rings. The first kappa shape index (κ1) is 14.4. The van der Waals surface area contributed by atoms with Crippen LogP contribution in [0.15, 0.2) is 32.6 Å². The van der Waals surface area contributed by atoms with E-state index in [-0.39, 0.29) is 11.3 Å². The second kappa shape index (κ2) is 5.68. The molecule has 0 aliphatic heterocycles. The summed E-state index contributed by atoms with van der Waals surface area (Å²) in [6.07, 6.45) is 0. The molecule has 0 bridgehead atoms. The molecule has 0 spiro atoms. The Balaban J connectivity index is 1.81. The zero-order valence-corrected chi connectivity index (χ0v) is 12.6. The van der Waals surface area contributed by atoms with Crippen LogP contribution < -0.4 is 5.56 Å². The number of ether oxygens (including phenoxy) is 1. The van der Waals surface area contributed by atoms with Crippen molar-refractivity contribution in [3.05, 3.63) is 45.8 Å². The van der Waals surface area contributed by atoms with Crippen LogP contribution in [0.25, 0.3) is 5.78 Å². The summed E-state index contributed by atoms with van der Waals surface area (Å²) in [5, 5.41) is 8.60. The summed E-state index contributed by atoms with van der Waals surface area (Å²) in [4.78, 5) is 25.3. The number of carbonyl (C=O) groups excluding carboxylic acids is 1. The van der Waals surface area contributed by atoms with Gasteiger partial charge in [-0.3, -0.25) is 14.2 Å². The minimum atomic E-state index is -0.516. The molecule has 0 radical (unpaired) electrons. The number of furan rings is 1. The molecule has 3 aromatic rings. The number of hydrogen-bond acceptors (Lipinski definition) is 7. The highest BCUT2D eigenvalue weighted by Crippen LogP contribution is 2.23. The molecule has 0 saturated heterocycles. The van der Waals surface area contributed by atoms with E-state index >= 15 is 0 Å². The quantitative estimate of drug-likeness (QED) is 0.572. The van der Waals surface area contributed by atoms with E-state index < -0.39 is 5.97 Å². The van der Waals surface area contributed by atoms with E-state index in [0.717, 1.165) is 5.69 Å². The first-order valence-electron chi connectivity index (χ1n) is 6.33. The monoisotopic (exact) mass is 320 g/mol. The summed E-state index contributed by atoms with van der Waals surface area (Å²) in [7, 11) is 1.30. The molecule has 3 rings (SSSR count). The summed E-state index contributed by atoms with van der Waals surface area (Å²) < 4.78 is 11.7. The Hall–Kier alpha value is -2.55. The van der Waals surface area contributed by atoms with Crippen LogP contribution in [0.1, 0.15) is 22.0 Å². The predicted octanol–water partition coefficient (Wildman–Crippen LogP) is 1.40. The van der Waals surface area contributed by atoms with Crippen molar-refractivity contribution in [1.82, 2.24) is 19.6 Å². The molecule has 3 heterocycles. The van der Waals surface area contributed by atoms with Gasteiger partial charge in [-0.2, -0.15) is 0 Å². The minimum absolute atomic E-state index is 0.157. The smallest absolute Gasteiger partial charge is 0.373 e. The van der Waals surface area contributed by atoms with E-state index in [0.29, 0.717) is 22.4 Å². The van der Waals surface area contributed by atoms with E-state index in [2.05, 4.69) is 19.9 Å². The molecule has 0 saturated carbocycles. The van der Waals surface area contributed by atoms with Crippen molar-refractivity contribution in [1.29, 1.82) is 0 Å². The van der Waals surface area contributed by atoms with Gasteiger partial charge in [0.2, 0.25) is 11.5 Å². The van der Waals surface area contributed by atoms with Gasteiger partial charge in [-0.25, -0.2) is 4.79 Å². The van der Waals surface area contributed by atoms with Gasteiger partial charge in [0.05, 0.1) is 12.9 Å². The molecular formula is C13H12N4O4S. The highest BCUT2D eigenvalue weighted by molar-refractivity contribution is 7.98. The number of hydrogen-bond donors (Lipinski definition) is 1. The maximum absolute atomic E-state index is 11.4. The number of rotatable bonds is 4. The molecule has 0 atom stereocenters. The normalized spacial score (nSPS) is 11.0. The number of methoxy groups -OCH3 is 1. The molecule has 0 amide bonds. The average Bonchev–Trinajstić information content (AvgIpc) is 3.10. The third-order valence-electron chi connectivity index (χ3n) is 2.95. The van der Waals surface area contributed by atoms with Gasteiger partial charge in [-0.05, 0) is 19.1 Å². The highest BCUT2D eigenvalue weighted by Gasteiger charge is 2.13. The Bertz CT molecular complexity index is 895. The Kier molecular flexibility index (Phi) is 3.72. The Labute approximate surface area is 128 Å². The van der Waals surface area contributed by atoms with Gasteiger partial charge in [-0.15, -0.1) is 10.2 Å². The number of nitrogens with zero attached hydrogens (tertiary/aromatic N) is 3. The van der Waals surface area contributed by atoms with Gasteiger partial charge in [0.1, 0.15) is 5.76 Å². The number of carbonyl (C=O) groups is 1.